The lowest BCUT2D eigenvalue weighted by Crippen LogP contribution is -2.16. The molecule has 0 amide bonds. The summed E-state index contributed by atoms with van der Waals surface area (Å²) in [4.78, 5) is 0. The Morgan fingerprint density at radius 1 is 0.432 bits per heavy atom. The van der Waals surface area contributed by atoms with E-state index < -0.39 is 0 Å². The van der Waals surface area contributed by atoms with Gasteiger partial charge in [-0.1, -0.05) is 135 Å². The van der Waals surface area contributed by atoms with E-state index in [0.717, 1.165) is 11.2 Å². The zero-order valence-electron chi connectivity index (χ0n) is 24.6. The summed E-state index contributed by atoms with van der Waals surface area (Å²) in [6.07, 6.45) is 0. The van der Waals surface area contributed by atoms with Gasteiger partial charge < -0.3 is 4.42 Å². The third-order valence-electron chi connectivity index (χ3n) is 10.2. The minimum absolute atomic E-state index is 0.168. The third kappa shape index (κ3) is 2.99. The summed E-state index contributed by atoms with van der Waals surface area (Å²) in [5, 5.41) is 10.3. The molecule has 44 heavy (non-hydrogen) atoms. The molecule has 0 bridgehead atoms. The fourth-order valence-corrected chi connectivity index (χ4v) is 8.32. The summed E-state index contributed by atoms with van der Waals surface area (Å²) in [5.41, 5.74) is 12.3. The zero-order chi connectivity index (χ0) is 29.2. The molecule has 0 saturated carbocycles. The SMILES string of the molecule is CC1(C)c2ccc3oc4ccccc4c3c2-c2cccc(-c3ccc4ccc5c(-c6ccccc6)ccc6ccc3c4c65)c21. The molecule has 0 aliphatic heterocycles. The van der Waals surface area contributed by atoms with E-state index in [4.69, 9.17) is 4.42 Å². The molecule has 0 N–H and O–H groups in total. The molecule has 0 atom stereocenters. The molecule has 0 radical (unpaired) electrons. The summed E-state index contributed by atoms with van der Waals surface area (Å²) in [6, 6.07) is 49.1. The van der Waals surface area contributed by atoms with Crippen molar-refractivity contribution in [1.29, 1.82) is 0 Å². The number of furan rings is 1. The van der Waals surface area contributed by atoms with Gasteiger partial charge in [-0.3, -0.25) is 0 Å². The van der Waals surface area contributed by atoms with Crippen LogP contribution in [0.4, 0.5) is 0 Å². The molecular formula is C43H28O. The van der Waals surface area contributed by atoms with E-state index in [1.807, 2.05) is 0 Å². The Balaban J connectivity index is 1.28. The molecule has 9 aromatic rings. The molecule has 1 aliphatic rings. The summed E-state index contributed by atoms with van der Waals surface area (Å²) < 4.78 is 6.34. The normalized spacial score (nSPS) is 13.9. The van der Waals surface area contributed by atoms with Crippen LogP contribution in [0.5, 0.6) is 0 Å². The van der Waals surface area contributed by atoms with Gasteiger partial charge in [0.15, 0.2) is 0 Å². The molecule has 206 valence electrons. The highest BCUT2D eigenvalue weighted by Gasteiger charge is 2.39. The van der Waals surface area contributed by atoms with Crippen LogP contribution < -0.4 is 0 Å². The summed E-state index contributed by atoms with van der Waals surface area (Å²) in [6.45, 7) is 4.77. The van der Waals surface area contributed by atoms with Crippen molar-refractivity contribution in [2.45, 2.75) is 19.3 Å². The van der Waals surface area contributed by atoms with Crippen molar-refractivity contribution in [3.63, 3.8) is 0 Å². The molecule has 1 aliphatic carbocycles. The monoisotopic (exact) mass is 560 g/mol. The second-order valence-electron chi connectivity index (χ2n) is 12.8. The smallest absolute Gasteiger partial charge is 0.136 e. The van der Waals surface area contributed by atoms with Crippen molar-refractivity contribution in [2.75, 3.05) is 0 Å². The lowest BCUT2D eigenvalue weighted by molar-refractivity contribution is 0.658. The summed E-state index contributed by atoms with van der Waals surface area (Å²) in [7, 11) is 0. The van der Waals surface area contributed by atoms with Crippen molar-refractivity contribution in [3.05, 3.63) is 145 Å². The lowest BCUT2D eigenvalue weighted by Gasteiger charge is -2.25. The van der Waals surface area contributed by atoms with Crippen molar-refractivity contribution in [2.24, 2.45) is 0 Å². The molecule has 1 heteroatoms. The number of hydrogen-bond acceptors (Lipinski definition) is 1. The topological polar surface area (TPSA) is 13.1 Å². The molecular weight excluding hydrogens is 532 g/mol. The molecule has 0 unspecified atom stereocenters. The average Bonchev–Trinajstić information content (AvgIpc) is 3.56. The van der Waals surface area contributed by atoms with Crippen LogP contribution in [0.1, 0.15) is 25.0 Å². The first-order chi connectivity index (χ1) is 21.6. The van der Waals surface area contributed by atoms with E-state index in [9.17, 15) is 0 Å². The van der Waals surface area contributed by atoms with Gasteiger partial charge in [-0.15, -0.1) is 0 Å². The van der Waals surface area contributed by atoms with Crippen LogP contribution in [0.15, 0.2) is 138 Å². The van der Waals surface area contributed by atoms with Crippen LogP contribution in [-0.4, -0.2) is 0 Å². The van der Waals surface area contributed by atoms with Gasteiger partial charge in [-0.2, -0.15) is 0 Å². The fourth-order valence-electron chi connectivity index (χ4n) is 8.32. The molecule has 1 nitrogen and oxygen atoms in total. The molecule has 1 heterocycles. The van der Waals surface area contributed by atoms with Crippen molar-refractivity contribution < 1.29 is 4.42 Å². The molecule has 10 rings (SSSR count). The van der Waals surface area contributed by atoms with Gasteiger partial charge in [0.05, 0.1) is 0 Å². The van der Waals surface area contributed by atoms with Crippen molar-refractivity contribution in [1.82, 2.24) is 0 Å². The number of para-hydroxylation sites is 1. The first kappa shape index (κ1) is 24.1. The van der Waals surface area contributed by atoms with E-state index in [2.05, 4.69) is 147 Å². The van der Waals surface area contributed by atoms with Gasteiger partial charge in [-0.05, 0) is 89.0 Å². The molecule has 0 fully saturated rings. The van der Waals surface area contributed by atoms with Crippen molar-refractivity contribution in [3.8, 4) is 33.4 Å². The standard InChI is InChI=1S/C43H28O/c1-43(2)35-23-24-37-41(33-11-6-7-14-36(33)44-37)40(35)34-13-8-12-32(42(34)43)29-20-16-27-17-21-30-28(25-9-4-3-5-10-25)19-15-26-18-22-31(29)39(27)38(26)30/h3-24H,1-2H3. The van der Waals surface area contributed by atoms with Gasteiger partial charge in [0.2, 0.25) is 0 Å². The zero-order valence-corrected chi connectivity index (χ0v) is 24.6. The van der Waals surface area contributed by atoms with Crippen LogP contribution in [0.25, 0.3) is 87.6 Å². The predicted octanol–water partition coefficient (Wildman–Crippen LogP) is 12.1. The highest BCUT2D eigenvalue weighted by molar-refractivity contribution is 6.28. The first-order valence-electron chi connectivity index (χ1n) is 15.4. The van der Waals surface area contributed by atoms with Crippen LogP contribution >= 0.6 is 0 Å². The highest BCUT2D eigenvalue weighted by Crippen LogP contribution is 2.56. The maximum atomic E-state index is 6.34. The average molecular weight is 561 g/mol. The first-order valence-corrected chi connectivity index (χ1v) is 15.4. The van der Waals surface area contributed by atoms with Crippen molar-refractivity contribution >= 4 is 54.3 Å². The fraction of sp³-hybridized carbons (Fsp3) is 0.0698. The number of rotatable bonds is 2. The Labute approximate surface area is 255 Å². The Morgan fingerprint density at radius 2 is 1.09 bits per heavy atom. The van der Waals surface area contributed by atoms with E-state index in [1.54, 1.807) is 0 Å². The van der Waals surface area contributed by atoms with E-state index >= 15 is 0 Å². The Hall–Kier alpha value is -5.40. The van der Waals surface area contributed by atoms with E-state index in [-0.39, 0.29) is 5.41 Å². The summed E-state index contributed by atoms with van der Waals surface area (Å²) >= 11 is 0. The Morgan fingerprint density at radius 3 is 1.89 bits per heavy atom. The van der Waals surface area contributed by atoms with Gasteiger partial charge in [-0.25, -0.2) is 0 Å². The van der Waals surface area contributed by atoms with E-state index in [0.29, 0.717) is 0 Å². The third-order valence-corrected chi connectivity index (χ3v) is 10.2. The lowest BCUT2D eigenvalue weighted by atomic mass is 9.77. The largest absolute Gasteiger partial charge is 0.456 e. The van der Waals surface area contributed by atoms with Gasteiger partial charge >= 0.3 is 0 Å². The number of benzene rings is 8. The van der Waals surface area contributed by atoms with Gasteiger partial charge in [0, 0.05) is 16.2 Å². The molecule has 0 spiro atoms. The highest BCUT2D eigenvalue weighted by atomic mass is 16.3. The second-order valence-corrected chi connectivity index (χ2v) is 12.8. The molecule has 0 saturated heterocycles. The van der Waals surface area contributed by atoms with Crippen LogP contribution in [0.2, 0.25) is 0 Å². The van der Waals surface area contributed by atoms with Gasteiger partial charge in [0.1, 0.15) is 11.2 Å². The Bertz CT molecular complexity index is 2620. The maximum absolute atomic E-state index is 6.34. The predicted molar refractivity (Wildman–Crippen MR) is 186 cm³/mol. The minimum Gasteiger partial charge on any atom is -0.456 e. The molecule has 8 aromatic carbocycles. The maximum Gasteiger partial charge on any atom is 0.136 e. The van der Waals surface area contributed by atoms with Crippen LogP contribution in [-0.2, 0) is 5.41 Å². The van der Waals surface area contributed by atoms with Gasteiger partial charge in [0.25, 0.3) is 0 Å². The Kier molecular flexibility index (Phi) is 4.58. The molecule has 1 aromatic heterocycles. The number of fused-ring (bicyclic) bond motifs is 7. The number of hydrogen-bond donors (Lipinski definition) is 0. The summed E-state index contributed by atoms with van der Waals surface area (Å²) in [5.74, 6) is 0. The van der Waals surface area contributed by atoms with Crippen LogP contribution in [0.3, 0.4) is 0 Å². The quantitative estimate of drug-likeness (QED) is 0.192. The second kappa shape index (κ2) is 8.36. The van der Waals surface area contributed by atoms with Crippen LogP contribution in [0, 0.1) is 0 Å². The van der Waals surface area contributed by atoms with E-state index in [1.165, 1.54) is 87.6 Å². The minimum atomic E-state index is -0.168.